The van der Waals surface area contributed by atoms with Crippen LogP contribution in [0.5, 0.6) is 0 Å². The molecule has 1 aliphatic rings. The molecule has 5 nitrogen and oxygen atoms in total. The molecule has 0 saturated carbocycles. The van der Waals surface area contributed by atoms with Crippen molar-refractivity contribution < 1.29 is 18.3 Å². The van der Waals surface area contributed by atoms with Crippen molar-refractivity contribution >= 4 is 6.09 Å². The van der Waals surface area contributed by atoms with Crippen LogP contribution in [0.2, 0.25) is 0 Å². The van der Waals surface area contributed by atoms with Gasteiger partial charge in [0.15, 0.2) is 0 Å². The van der Waals surface area contributed by atoms with Gasteiger partial charge in [-0.3, -0.25) is 4.68 Å². The Morgan fingerprint density at radius 1 is 1.31 bits per heavy atom. The molecule has 1 aromatic heterocycles. The van der Waals surface area contributed by atoms with E-state index < -0.39 is 17.2 Å². The number of carbonyl (C=O) groups is 1. The predicted octanol–water partition coefficient (Wildman–Crippen LogP) is 4.23. The number of amides is 1. The van der Waals surface area contributed by atoms with Crippen molar-refractivity contribution in [2.45, 2.75) is 51.8 Å². The van der Waals surface area contributed by atoms with Crippen molar-refractivity contribution in [2.75, 3.05) is 6.54 Å². The monoisotopic (exact) mass is 363 g/mol. The molecule has 1 saturated heterocycles. The average molecular weight is 363 g/mol. The molecule has 140 valence electrons. The molecule has 0 aliphatic carbocycles. The molecule has 26 heavy (non-hydrogen) atoms. The Morgan fingerprint density at radius 3 is 2.77 bits per heavy atom. The van der Waals surface area contributed by atoms with Crippen LogP contribution in [0.3, 0.4) is 0 Å². The molecule has 3 rings (SSSR count). The molecule has 0 spiro atoms. The molecule has 1 aromatic carbocycles. The van der Waals surface area contributed by atoms with E-state index in [2.05, 4.69) is 5.10 Å². The molecule has 1 amide bonds. The lowest BCUT2D eigenvalue weighted by Gasteiger charge is -2.28. The van der Waals surface area contributed by atoms with E-state index in [4.69, 9.17) is 4.74 Å². The minimum absolute atomic E-state index is 0.0179. The second-order valence-electron chi connectivity index (χ2n) is 7.52. The fourth-order valence-electron chi connectivity index (χ4n) is 3.11. The highest BCUT2D eigenvalue weighted by molar-refractivity contribution is 5.69. The number of ether oxygens (including phenoxy) is 1. The Bertz CT molecular complexity index is 798. The van der Waals surface area contributed by atoms with Gasteiger partial charge in [-0.25, -0.2) is 13.6 Å². The smallest absolute Gasteiger partial charge is 0.410 e. The Hall–Kier alpha value is -2.44. The van der Waals surface area contributed by atoms with Crippen LogP contribution in [-0.4, -0.2) is 39.0 Å². The second-order valence-corrected chi connectivity index (χ2v) is 7.52. The van der Waals surface area contributed by atoms with E-state index in [9.17, 15) is 13.6 Å². The summed E-state index contributed by atoms with van der Waals surface area (Å²) in [5.41, 5.74) is 0.147. The van der Waals surface area contributed by atoms with E-state index >= 15 is 0 Å². The van der Waals surface area contributed by atoms with Gasteiger partial charge in [0.2, 0.25) is 0 Å². The van der Waals surface area contributed by atoms with Crippen LogP contribution in [-0.2, 0) is 11.3 Å². The summed E-state index contributed by atoms with van der Waals surface area (Å²) in [4.78, 5) is 14.1. The van der Waals surface area contributed by atoms with Crippen molar-refractivity contribution in [3.8, 4) is 11.3 Å². The van der Waals surface area contributed by atoms with Gasteiger partial charge in [-0.05, 0) is 51.8 Å². The summed E-state index contributed by atoms with van der Waals surface area (Å²) in [5.74, 6) is -1.27. The zero-order chi connectivity index (χ0) is 18.9. The van der Waals surface area contributed by atoms with Gasteiger partial charge in [-0.1, -0.05) is 0 Å². The van der Waals surface area contributed by atoms with Crippen molar-refractivity contribution in [2.24, 2.45) is 0 Å². The van der Waals surface area contributed by atoms with Crippen LogP contribution in [0, 0.1) is 11.6 Å². The lowest BCUT2D eigenvalue weighted by atomic mass is 10.1. The maximum Gasteiger partial charge on any atom is 0.410 e. The van der Waals surface area contributed by atoms with E-state index in [-0.39, 0.29) is 17.7 Å². The van der Waals surface area contributed by atoms with E-state index in [0.717, 1.165) is 18.9 Å². The Labute approximate surface area is 151 Å². The summed E-state index contributed by atoms with van der Waals surface area (Å²) in [6.45, 7) is 6.68. The minimum Gasteiger partial charge on any atom is -0.444 e. The maximum atomic E-state index is 13.9. The minimum atomic E-state index is -0.647. The standard InChI is InChI=1S/C19H23F2N3O2/c1-19(2,3)26-18(25)24-9-4-5-14(24)12-23-10-8-17(22-23)15-7-6-13(20)11-16(15)21/h6-8,10-11,14H,4-5,9,12H2,1-3H3/t14-/m0/s1. The van der Waals surface area contributed by atoms with Gasteiger partial charge in [0.1, 0.15) is 17.2 Å². The first-order valence-corrected chi connectivity index (χ1v) is 8.71. The summed E-state index contributed by atoms with van der Waals surface area (Å²) in [7, 11) is 0. The third kappa shape index (κ3) is 4.20. The Morgan fingerprint density at radius 2 is 2.08 bits per heavy atom. The van der Waals surface area contributed by atoms with E-state index in [1.807, 2.05) is 20.8 Å². The number of aromatic nitrogens is 2. The third-order valence-electron chi connectivity index (χ3n) is 4.25. The fraction of sp³-hybridized carbons (Fsp3) is 0.474. The first kappa shape index (κ1) is 18.4. The molecule has 0 radical (unpaired) electrons. The van der Waals surface area contributed by atoms with E-state index in [1.165, 1.54) is 12.1 Å². The first-order chi connectivity index (χ1) is 12.2. The summed E-state index contributed by atoms with van der Waals surface area (Å²) in [6, 6.07) is 5.09. The molecular formula is C19H23F2N3O2. The van der Waals surface area contributed by atoms with E-state index in [1.54, 1.807) is 21.8 Å². The Kier molecular flexibility index (Phi) is 4.98. The summed E-state index contributed by atoms with van der Waals surface area (Å²) in [5, 5.41) is 4.38. The number of halogens is 2. The fourth-order valence-corrected chi connectivity index (χ4v) is 3.11. The van der Waals surface area contributed by atoms with Crippen LogP contribution in [0.4, 0.5) is 13.6 Å². The van der Waals surface area contributed by atoms with Gasteiger partial charge in [0.25, 0.3) is 0 Å². The molecule has 1 fully saturated rings. The van der Waals surface area contributed by atoms with Crippen molar-refractivity contribution in [3.63, 3.8) is 0 Å². The molecule has 1 aliphatic heterocycles. The Balaban J connectivity index is 1.71. The van der Waals surface area contributed by atoms with Crippen molar-refractivity contribution in [3.05, 3.63) is 42.1 Å². The number of hydrogen-bond donors (Lipinski definition) is 0. The summed E-state index contributed by atoms with van der Waals surface area (Å²) >= 11 is 0. The largest absolute Gasteiger partial charge is 0.444 e. The second kappa shape index (κ2) is 7.05. The SMILES string of the molecule is CC(C)(C)OC(=O)N1CCC[C@H]1Cn1ccc(-c2ccc(F)cc2F)n1. The van der Waals surface area contributed by atoms with Gasteiger partial charge in [0.05, 0.1) is 18.3 Å². The number of carbonyl (C=O) groups excluding carboxylic acids is 1. The van der Waals surface area contributed by atoms with Crippen LogP contribution in [0.1, 0.15) is 33.6 Å². The zero-order valence-electron chi connectivity index (χ0n) is 15.2. The summed E-state index contributed by atoms with van der Waals surface area (Å²) < 4.78 is 34.1. The molecule has 2 heterocycles. The quantitative estimate of drug-likeness (QED) is 0.820. The lowest BCUT2D eigenvalue weighted by molar-refractivity contribution is 0.0212. The lowest BCUT2D eigenvalue weighted by Crippen LogP contribution is -2.41. The highest BCUT2D eigenvalue weighted by atomic mass is 19.1. The molecule has 2 aromatic rings. The van der Waals surface area contributed by atoms with Gasteiger partial charge in [-0.2, -0.15) is 5.10 Å². The number of hydrogen-bond acceptors (Lipinski definition) is 3. The highest BCUT2D eigenvalue weighted by Crippen LogP contribution is 2.24. The van der Waals surface area contributed by atoms with Crippen LogP contribution < -0.4 is 0 Å². The number of likely N-dealkylation sites (tertiary alicyclic amines) is 1. The number of benzene rings is 1. The third-order valence-corrected chi connectivity index (χ3v) is 4.25. The molecular weight excluding hydrogens is 340 g/mol. The first-order valence-electron chi connectivity index (χ1n) is 8.71. The van der Waals surface area contributed by atoms with Crippen molar-refractivity contribution in [1.29, 1.82) is 0 Å². The van der Waals surface area contributed by atoms with Gasteiger partial charge in [0, 0.05) is 24.4 Å². The molecule has 0 unspecified atom stereocenters. The zero-order valence-corrected chi connectivity index (χ0v) is 15.2. The number of nitrogens with zero attached hydrogens (tertiary/aromatic N) is 3. The molecule has 0 N–H and O–H groups in total. The van der Waals surface area contributed by atoms with Crippen LogP contribution >= 0.6 is 0 Å². The molecule has 1 atom stereocenters. The van der Waals surface area contributed by atoms with E-state index in [0.29, 0.717) is 18.8 Å². The molecule has 0 bridgehead atoms. The van der Waals surface area contributed by atoms with Crippen LogP contribution in [0.15, 0.2) is 30.5 Å². The maximum absolute atomic E-state index is 13.9. The average Bonchev–Trinajstić information content (AvgIpc) is 3.15. The van der Waals surface area contributed by atoms with Gasteiger partial charge < -0.3 is 9.64 Å². The summed E-state index contributed by atoms with van der Waals surface area (Å²) in [6.07, 6.45) is 3.19. The highest BCUT2D eigenvalue weighted by Gasteiger charge is 2.32. The van der Waals surface area contributed by atoms with Gasteiger partial charge in [-0.15, -0.1) is 0 Å². The molecule has 7 heteroatoms. The van der Waals surface area contributed by atoms with Gasteiger partial charge >= 0.3 is 6.09 Å². The van der Waals surface area contributed by atoms with Crippen molar-refractivity contribution in [1.82, 2.24) is 14.7 Å². The van der Waals surface area contributed by atoms with Crippen LogP contribution in [0.25, 0.3) is 11.3 Å². The normalized spacial score (nSPS) is 17.6. The number of rotatable bonds is 3. The topological polar surface area (TPSA) is 47.4 Å². The predicted molar refractivity (Wildman–Crippen MR) is 93.5 cm³/mol.